The van der Waals surface area contributed by atoms with Crippen molar-refractivity contribution >= 4 is 17.5 Å². The molecule has 2 heterocycles. The van der Waals surface area contributed by atoms with Gasteiger partial charge in [0.25, 0.3) is 11.8 Å². The maximum atomic E-state index is 13.7. The number of pyridine rings is 1. The number of likely N-dealkylation sites (N-methyl/N-ethyl adjacent to an activating group) is 1. The van der Waals surface area contributed by atoms with Crippen LogP contribution in [0.25, 0.3) is 0 Å². The molecule has 0 atom stereocenters. The Morgan fingerprint density at radius 2 is 1.73 bits per heavy atom. The van der Waals surface area contributed by atoms with Crippen LogP contribution in [0.2, 0.25) is 0 Å². The number of carbonyl (C=O) groups excluding carboxylic acids is 2. The Kier molecular flexibility index (Phi) is 5.22. The van der Waals surface area contributed by atoms with E-state index in [1.807, 2.05) is 7.05 Å². The van der Waals surface area contributed by atoms with Crippen LogP contribution in [0.5, 0.6) is 0 Å². The van der Waals surface area contributed by atoms with Crippen LogP contribution in [0.4, 0.5) is 14.5 Å². The van der Waals surface area contributed by atoms with E-state index in [0.29, 0.717) is 18.7 Å². The Balaban J connectivity index is 1.76. The monoisotopic (exact) mass is 360 g/mol. The largest absolute Gasteiger partial charge is 0.336 e. The van der Waals surface area contributed by atoms with Gasteiger partial charge in [-0.2, -0.15) is 0 Å². The zero-order valence-electron chi connectivity index (χ0n) is 14.2. The smallest absolute Gasteiger partial charge is 0.274 e. The molecule has 1 aliphatic rings. The van der Waals surface area contributed by atoms with Crippen LogP contribution in [0.1, 0.15) is 20.8 Å². The molecule has 0 radical (unpaired) electrons. The number of hydrogen-bond donors (Lipinski definition) is 1. The Labute approximate surface area is 149 Å². The molecule has 0 aliphatic carbocycles. The zero-order chi connectivity index (χ0) is 18.7. The quantitative estimate of drug-likeness (QED) is 0.909. The van der Waals surface area contributed by atoms with E-state index < -0.39 is 23.2 Å². The molecule has 1 N–H and O–H groups in total. The van der Waals surface area contributed by atoms with Crippen molar-refractivity contribution in [2.24, 2.45) is 0 Å². The summed E-state index contributed by atoms with van der Waals surface area (Å²) in [5.74, 6) is -2.76. The van der Waals surface area contributed by atoms with Crippen molar-refractivity contribution in [2.75, 3.05) is 38.5 Å². The summed E-state index contributed by atoms with van der Waals surface area (Å²) < 4.78 is 27.3. The molecule has 0 unspecified atom stereocenters. The zero-order valence-corrected chi connectivity index (χ0v) is 14.2. The lowest BCUT2D eigenvalue weighted by Crippen LogP contribution is -2.47. The molecule has 2 aromatic rings. The lowest BCUT2D eigenvalue weighted by molar-refractivity contribution is 0.0664. The Hall–Kier alpha value is -2.87. The summed E-state index contributed by atoms with van der Waals surface area (Å²) >= 11 is 0. The minimum atomic E-state index is -0.886. The molecule has 1 saturated heterocycles. The molecule has 0 saturated carbocycles. The number of rotatable bonds is 3. The van der Waals surface area contributed by atoms with Gasteiger partial charge in [-0.15, -0.1) is 0 Å². The number of para-hydroxylation sites is 1. The lowest BCUT2D eigenvalue weighted by Gasteiger charge is -2.32. The summed E-state index contributed by atoms with van der Waals surface area (Å²) in [6.45, 7) is 2.74. The van der Waals surface area contributed by atoms with Crippen molar-refractivity contribution in [3.8, 4) is 0 Å². The average molecular weight is 360 g/mol. The van der Waals surface area contributed by atoms with Gasteiger partial charge in [0, 0.05) is 37.9 Å². The molecule has 1 aliphatic heterocycles. The van der Waals surface area contributed by atoms with E-state index in [0.717, 1.165) is 25.2 Å². The third kappa shape index (κ3) is 3.85. The van der Waals surface area contributed by atoms with Gasteiger partial charge in [-0.25, -0.2) is 8.78 Å². The van der Waals surface area contributed by atoms with E-state index in [2.05, 4.69) is 15.2 Å². The van der Waals surface area contributed by atoms with Gasteiger partial charge in [0.05, 0.1) is 0 Å². The van der Waals surface area contributed by atoms with Crippen molar-refractivity contribution in [1.29, 1.82) is 0 Å². The van der Waals surface area contributed by atoms with E-state index in [4.69, 9.17) is 0 Å². The van der Waals surface area contributed by atoms with Gasteiger partial charge in [0.1, 0.15) is 23.0 Å². The van der Waals surface area contributed by atoms with Crippen molar-refractivity contribution in [1.82, 2.24) is 14.8 Å². The number of amides is 2. The normalized spacial score (nSPS) is 15.0. The van der Waals surface area contributed by atoms with Crippen LogP contribution in [0, 0.1) is 11.6 Å². The highest BCUT2D eigenvalue weighted by atomic mass is 19.1. The fourth-order valence-corrected chi connectivity index (χ4v) is 2.67. The fourth-order valence-electron chi connectivity index (χ4n) is 2.67. The van der Waals surface area contributed by atoms with E-state index in [1.165, 1.54) is 24.4 Å². The van der Waals surface area contributed by atoms with Crippen LogP contribution >= 0.6 is 0 Å². The minimum Gasteiger partial charge on any atom is -0.336 e. The minimum absolute atomic E-state index is 0.0902. The number of benzene rings is 1. The Morgan fingerprint density at radius 1 is 1.08 bits per heavy atom. The van der Waals surface area contributed by atoms with Crippen LogP contribution in [0.15, 0.2) is 36.5 Å². The highest BCUT2D eigenvalue weighted by Gasteiger charge is 2.22. The highest BCUT2D eigenvalue weighted by Crippen LogP contribution is 2.19. The third-order valence-electron chi connectivity index (χ3n) is 4.23. The second-order valence-corrected chi connectivity index (χ2v) is 6.08. The first-order valence-corrected chi connectivity index (χ1v) is 8.15. The standard InChI is InChI=1S/C18H18F2N4O2/c1-23-7-9-24(10-8-23)18(26)12-5-6-21-15(11-12)17(25)22-16-13(19)3-2-4-14(16)20/h2-6,11H,7-10H2,1H3,(H,22,25). The van der Waals surface area contributed by atoms with Crippen LogP contribution in [-0.2, 0) is 0 Å². The summed E-state index contributed by atoms with van der Waals surface area (Å²) in [6, 6.07) is 6.13. The number of halogens is 2. The molecule has 8 heteroatoms. The summed E-state index contributed by atoms with van der Waals surface area (Å²) in [4.78, 5) is 32.6. The van der Waals surface area contributed by atoms with Gasteiger partial charge in [-0.1, -0.05) is 6.07 Å². The Morgan fingerprint density at radius 3 is 2.38 bits per heavy atom. The average Bonchev–Trinajstić information content (AvgIpc) is 2.65. The van der Waals surface area contributed by atoms with E-state index in [1.54, 1.807) is 4.90 Å². The predicted octanol–water partition coefficient (Wildman–Crippen LogP) is 2.00. The molecule has 3 rings (SSSR count). The number of aromatic nitrogens is 1. The third-order valence-corrected chi connectivity index (χ3v) is 4.23. The molecule has 2 amide bonds. The Bertz CT molecular complexity index is 815. The molecule has 0 spiro atoms. The van der Waals surface area contributed by atoms with Gasteiger partial charge in [-0.05, 0) is 31.3 Å². The predicted molar refractivity (Wildman–Crippen MR) is 91.9 cm³/mol. The molecule has 6 nitrogen and oxygen atoms in total. The molecular weight excluding hydrogens is 342 g/mol. The molecule has 1 aromatic carbocycles. The maximum absolute atomic E-state index is 13.7. The van der Waals surface area contributed by atoms with Crippen LogP contribution < -0.4 is 5.32 Å². The molecular formula is C18H18F2N4O2. The first kappa shape index (κ1) is 17.9. The van der Waals surface area contributed by atoms with Gasteiger partial charge in [-0.3, -0.25) is 14.6 Å². The van der Waals surface area contributed by atoms with Crippen LogP contribution in [-0.4, -0.2) is 59.8 Å². The number of anilines is 1. The number of nitrogens with zero attached hydrogens (tertiary/aromatic N) is 3. The van der Waals surface area contributed by atoms with Crippen molar-refractivity contribution in [3.63, 3.8) is 0 Å². The van der Waals surface area contributed by atoms with Gasteiger partial charge < -0.3 is 15.1 Å². The SMILES string of the molecule is CN1CCN(C(=O)c2ccnc(C(=O)Nc3c(F)cccc3F)c2)CC1. The first-order chi connectivity index (χ1) is 12.5. The first-order valence-electron chi connectivity index (χ1n) is 8.15. The van der Waals surface area contributed by atoms with E-state index >= 15 is 0 Å². The molecule has 136 valence electrons. The molecule has 1 aromatic heterocycles. The second-order valence-electron chi connectivity index (χ2n) is 6.08. The number of carbonyl (C=O) groups is 2. The topological polar surface area (TPSA) is 65.5 Å². The van der Waals surface area contributed by atoms with Crippen molar-refractivity contribution < 1.29 is 18.4 Å². The highest BCUT2D eigenvalue weighted by molar-refractivity contribution is 6.04. The maximum Gasteiger partial charge on any atom is 0.274 e. The van der Waals surface area contributed by atoms with Crippen molar-refractivity contribution in [2.45, 2.75) is 0 Å². The fraction of sp³-hybridized carbons (Fsp3) is 0.278. The number of nitrogens with one attached hydrogen (secondary N) is 1. The summed E-state index contributed by atoms with van der Waals surface area (Å²) in [6.07, 6.45) is 1.33. The van der Waals surface area contributed by atoms with Gasteiger partial charge in [0.2, 0.25) is 0 Å². The van der Waals surface area contributed by atoms with Crippen LogP contribution in [0.3, 0.4) is 0 Å². The van der Waals surface area contributed by atoms with E-state index in [-0.39, 0.29) is 11.6 Å². The van der Waals surface area contributed by atoms with Crippen molar-refractivity contribution in [3.05, 3.63) is 59.4 Å². The molecule has 0 bridgehead atoms. The molecule has 1 fully saturated rings. The number of hydrogen-bond acceptors (Lipinski definition) is 4. The number of piperazine rings is 1. The lowest BCUT2D eigenvalue weighted by atomic mass is 10.1. The summed E-state index contributed by atoms with van der Waals surface area (Å²) in [5.41, 5.74) is -0.327. The molecule has 26 heavy (non-hydrogen) atoms. The van der Waals surface area contributed by atoms with Gasteiger partial charge >= 0.3 is 0 Å². The second kappa shape index (κ2) is 7.57. The van der Waals surface area contributed by atoms with E-state index in [9.17, 15) is 18.4 Å². The van der Waals surface area contributed by atoms with Gasteiger partial charge in [0.15, 0.2) is 0 Å². The summed E-state index contributed by atoms with van der Waals surface area (Å²) in [7, 11) is 1.98. The summed E-state index contributed by atoms with van der Waals surface area (Å²) in [5, 5.41) is 2.16.